The van der Waals surface area contributed by atoms with Crippen LogP contribution in [0.15, 0.2) is 36.4 Å². The van der Waals surface area contributed by atoms with E-state index in [4.69, 9.17) is 34.2 Å². The summed E-state index contributed by atoms with van der Waals surface area (Å²) in [6.45, 7) is 1.97. The van der Waals surface area contributed by atoms with E-state index in [0.29, 0.717) is 27.0 Å². The summed E-state index contributed by atoms with van der Waals surface area (Å²) in [7, 11) is 0. The predicted molar refractivity (Wildman–Crippen MR) is 84.1 cm³/mol. The molecule has 2 rings (SSSR count). The van der Waals surface area contributed by atoms with Gasteiger partial charge in [-0.3, -0.25) is 0 Å². The first kappa shape index (κ1) is 14.5. The Morgan fingerprint density at radius 3 is 2.60 bits per heavy atom. The number of nitrogens with two attached hydrogens (primary N) is 1. The highest BCUT2D eigenvalue weighted by Gasteiger charge is 2.11. The second-order valence-corrected chi connectivity index (χ2v) is 5.29. The van der Waals surface area contributed by atoms with Crippen LogP contribution in [0.1, 0.15) is 24.1 Å². The molecule has 0 saturated heterocycles. The van der Waals surface area contributed by atoms with Gasteiger partial charge in [-0.2, -0.15) is 5.26 Å². The van der Waals surface area contributed by atoms with E-state index in [2.05, 4.69) is 11.4 Å². The molecule has 3 N–H and O–H groups in total. The van der Waals surface area contributed by atoms with E-state index in [1.807, 2.05) is 13.0 Å². The maximum atomic E-state index is 8.92. The molecule has 0 aliphatic rings. The molecule has 3 nitrogen and oxygen atoms in total. The lowest BCUT2D eigenvalue weighted by Crippen LogP contribution is -2.09. The average Bonchev–Trinajstić information content (AvgIpc) is 2.41. The smallest absolute Gasteiger partial charge is 0.0992 e. The van der Waals surface area contributed by atoms with E-state index in [9.17, 15) is 0 Å². The summed E-state index contributed by atoms with van der Waals surface area (Å²) < 4.78 is 0. The van der Waals surface area contributed by atoms with Gasteiger partial charge in [-0.05, 0) is 42.8 Å². The van der Waals surface area contributed by atoms with Gasteiger partial charge in [0, 0.05) is 10.0 Å². The Morgan fingerprint density at radius 1 is 1.20 bits per heavy atom. The molecule has 0 radical (unpaired) electrons. The highest BCUT2D eigenvalue weighted by molar-refractivity contribution is 6.35. The van der Waals surface area contributed by atoms with Crippen molar-refractivity contribution in [2.24, 2.45) is 0 Å². The van der Waals surface area contributed by atoms with E-state index >= 15 is 0 Å². The molecule has 5 heteroatoms. The maximum Gasteiger partial charge on any atom is 0.0992 e. The number of rotatable bonds is 3. The van der Waals surface area contributed by atoms with Crippen LogP contribution in [-0.2, 0) is 0 Å². The van der Waals surface area contributed by atoms with Gasteiger partial charge >= 0.3 is 0 Å². The Hall–Kier alpha value is -1.89. The van der Waals surface area contributed by atoms with Gasteiger partial charge in [0.2, 0.25) is 0 Å². The molecule has 0 saturated carbocycles. The number of nitrogen functional groups attached to an aromatic ring is 1. The first-order chi connectivity index (χ1) is 9.51. The van der Waals surface area contributed by atoms with E-state index in [1.54, 1.807) is 30.3 Å². The molecule has 0 aliphatic carbocycles. The van der Waals surface area contributed by atoms with Gasteiger partial charge in [0.25, 0.3) is 0 Å². The number of hydrogen-bond acceptors (Lipinski definition) is 3. The minimum atomic E-state index is -0.0593. The van der Waals surface area contributed by atoms with Crippen molar-refractivity contribution in [2.45, 2.75) is 13.0 Å². The van der Waals surface area contributed by atoms with Crippen LogP contribution in [0.3, 0.4) is 0 Å². The van der Waals surface area contributed by atoms with Crippen molar-refractivity contribution in [3.8, 4) is 6.07 Å². The zero-order valence-corrected chi connectivity index (χ0v) is 12.3. The van der Waals surface area contributed by atoms with Crippen LogP contribution in [-0.4, -0.2) is 0 Å². The predicted octanol–water partition coefficient (Wildman–Crippen LogP) is 4.62. The highest BCUT2D eigenvalue weighted by atomic mass is 35.5. The summed E-state index contributed by atoms with van der Waals surface area (Å²) in [4.78, 5) is 0. The molecule has 2 aromatic carbocycles. The van der Waals surface area contributed by atoms with Crippen LogP contribution in [0.2, 0.25) is 10.0 Å². The molecule has 0 spiro atoms. The fourth-order valence-electron chi connectivity index (χ4n) is 1.91. The molecule has 102 valence electrons. The summed E-state index contributed by atoms with van der Waals surface area (Å²) in [5.41, 5.74) is 8.67. The summed E-state index contributed by atoms with van der Waals surface area (Å²) in [5.74, 6) is 0. The molecular weight excluding hydrogens is 293 g/mol. The van der Waals surface area contributed by atoms with Crippen molar-refractivity contribution < 1.29 is 0 Å². The molecule has 0 aliphatic heterocycles. The van der Waals surface area contributed by atoms with Gasteiger partial charge in [0.15, 0.2) is 0 Å². The SMILES string of the molecule is CC(Nc1cc(C#N)ccc1N)c1ccc(Cl)cc1Cl. The monoisotopic (exact) mass is 305 g/mol. The molecule has 1 atom stereocenters. The van der Waals surface area contributed by atoms with Crippen molar-refractivity contribution >= 4 is 34.6 Å². The molecule has 0 amide bonds. The summed E-state index contributed by atoms with van der Waals surface area (Å²) in [5, 5.41) is 13.4. The molecular formula is C15H13Cl2N3. The van der Waals surface area contributed by atoms with Crippen molar-refractivity contribution in [2.75, 3.05) is 11.1 Å². The fourth-order valence-corrected chi connectivity index (χ4v) is 2.49. The highest BCUT2D eigenvalue weighted by Crippen LogP contribution is 2.30. The first-order valence-corrected chi connectivity index (χ1v) is 6.78. The minimum Gasteiger partial charge on any atom is -0.397 e. The summed E-state index contributed by atoms with van der Waals surface area (Å²) >= 11 is 12.1. The third-order valence-corrected chi connectivity index (χ3v) is 3.55. The standard InChI is InChI=1S/C15H13Cl2N3/c1-9(12-4-3-11(16)7-13(12)17)20-15-6-10(8-18)2-5-14(15)19/h2-7,9,20H,19H2,1H3. The molecule has 2 aromatic rings. The lowest BCUT2D eigenvalue weighted by molar-refractivity contribution is 0.886. The van der Waals surface area contributed by atoms with Crippen LogP contribution >= 0.6 is 23.2 Å². The van der Waals surface area contributed by atoms with Gasteiger partial charge in [0.1, 0.15) is 0 Å². The van der Waals surface area contributed by atoms with Gasteiger partial charge in [-0.15, -0.1) is 0 Å². The number of benzene rings is 2. The average molecular weight is 306 g/mol. The van der Waals surface area contributed by atoms with E-state index in [-0.39, 0.29) is 6.04 Å². The van der Waals surface area contributed by atoms with Crippen molar-refractivity contribution in [1.29, 1.82) is 5.26 Å². The van der Waals surface area contributed by atoms with Crippen LogP contribution in [0.5, 0.6) is 0 Å². The lowest BCUT2D eigenvalue weighted by atomic mass is 10.1. The third kappa shape index (κ3) is 3.16. The number of nitrogens with zero attached hydrogens (tertiary/aromatic N) is 1. The van der Waals surface area contributed by atoms with E-state index in [1.165, 1.54) is 0 Å². The topological polar surface area (TPSA) is 61.8 Å². The zero-order chi connectivity index (χ0) is 14.7. The van der Waals surface area contributed by atoms with E-state index in [0.717, 1.165) is 5.56 Å². The van der Waals surface area contributed by atoms with Gasteiger partial charge in [-0.1, -0.05) is 29.3 Å². The lowest BCUT2D eigenvalue weighted by Gasteiger charge is -2.18. The normalized spacial score (nSPS) is 11.7. The molecule has 0 fully saturated rings. The summed E-state index contributed by atoms with van der Waals surface area (Å²) in [6, 6.07) is 12.5. The molecule has 1 unspecified atom stereocenters. The van der Waals surface area contributed by atoms with Gasteiger partial charge < -0.3 is 11.1 Å². The molecule has 20 heavy (non-hydrogen) atoms. The van der Waals surface area contributed by atoms with Gasteiger partial charge in [-0.25, -0.2) is 0 Å². The third-order valence-electron chi connectivity index (χ3n) is 2.98. The number of hydrogen-bond donors (Lipinski definition) is 2. The number of halogens is 2. The van der Waals surface area contributed by atoms with Crippen molar-refractivity contribution in [3.63, 3.8) is 0 Å². The molecule has 0 bridgehead atoms. The second-order valence-electron chi connectivity index (χ2n) is 4.45. The number of anilines is 2. The quantitative estimate of drug-likeness (QED) is 0.813. The van der Waals surface area contributed by atoms with E-state index < -0.39 is 0 Å². The number of nitriles is 1. The zero-order valence-electron chi connectivity index (χ0n) is 10.8. The molecule has 0 aromatic heterocycles. The Kier molecular flexibility index (Phi) is 4.39. The second kappa shape index (κ2) is 6.04. The van der Waals surface area contributed by atoms with Crippen LogP contribution in [0, 0.1) is 11.3 Å². The summed E-state index contributed by atoms with van der Waals surface area (Å²) in [6.07, 6.45) is 0. The van der Waals surface area contributed by atoms with Crippen LogP contribution in [0.25, 0.3) is 0 Å². The largest absolute Gasteiger partial charge is 0.397 e. The number of nitrogens with one attached hydrogen (secondary N) is 1. The van der Waals surface area contributed by atoms with Crippen molar-refractivity contribution in [3.05, 3.63) is 57.6 Å². The Balaban J connectivity index is 2.27. The minimum absolute atomic E-state index is 0.0593. The van der Waals surface area contributed by atoms with Crippen LogP contribution < -0.4 is 11.1 Å². The Morgan fingerprint density at radius 2 is 1.95 bits per heavy atom. The maximum absolute atomic E-state index is 8.92. The van der Waals surface area contributed by atoms with Crippen molar-refractivity contribution in [1.82, 2.24) is 0 Å². The molecule has 0 heterocycles. The first-order valence-electron chi connectivity index (χ1n) is 6.02. The Bertz CT molecular complexity index is 677. The Labute approximate surface area is 127 Å². The van der Waals surface area contributed by atoms with Crippen LogP contribution in [0.4, 0.5) is 11.4 Å². The van der Waals surface area contributed by atoms with Gasteiger partial charge in [0.05, 0.1) is 29.0 Å². The fraction of sp³-hybridized carbons (Fsp3) is 0.133.